The molecule has 1 rings (SSSR count). The van der Waals surface area contributed by atoms with E-state index in [1.54, 1.807) is 13.8 Å². The van der Waals surface area contributed by atoms with Gasteiger partial charge in [-0.2, -0.15) is 0 Å². The molecule has 0 radical (unpaired) electrons. The predicted octanol–water partition coefficient (Wildman–Crippen LogP) is 3.53. The van der Waals surface area contributed by atoms with Gasteiger partial charge in [-0.1, -0.05) is 26.0 Å². The van der Waals surface area contributed by atoms with Crippen LogP contribution in [0, 0.1) is 5.92 Å². The number of Topliss-reactive ketones (excluding diaryl/α,β-unsaturated/α-hetero) is 1. The molecule has 0 aromatic heterocycles. The van der Waals surface area contributed by atoms with Gasteiger partial charge in [0.15, 0.2) is 11.4 Å². The molecule has 1 N–H and O–H groups in total. The lowest BCUT2D eigenvalue weighted by Crippen LogP contribution is -2.36. The van der Waals surface area contributed by atoms with Crippen LogP contribution in [-0.4, -0.2) is 23.8 Å². The third-order valence-corrected chi connectivity index (χ3v) is 3.80. The molecule has 0 aliphatic rings. The number of benzene rings is 1. The van der Waals surface area contributed by atoms with Gasteiger partial charge in [0.1, 0.15) is 5.75 Å². The summed E-state index contributed by atoms with van der Waals surface area (Å²) >= 11 is 0. The highest BCUT2D eigenvalue weighted by molar-refractivity contribution is 5.84. The normalized spacial score (nSPS) is 11.4. The van der Waals surface area contributed by atoms with Crippen molar-refractivity contribution in [1.82, 2.24) is 5.32 Å². The Hall–Kier alpha value is -1.84. The van der Waals surface area contributed by atoms with E-state index in [1.165, 1.54) is 6.92 Å². The van der Waals surface area contributed by atoms with Crippen molar-refractivity contribution in [2.24, 2.45) is 5.92 Å². The largest absolute Gasteiger partial charge is 0.480 e. The topological polar surface area (TPSA) is 55.4 Å². The Balaban J connectivity index is 2.48. The van der Waals surface area contributed by atoms with Gasteiger partial charge in [0.2, 0.25) is 5.91 Å². The summed E-state index contributed by atoms with van der Waals surface area (Å²) in [7, 11) is 0. The van der Waals surface area contributed by atoms with E-state index in [0.29, 0.717) is 24.6 Å². The third-order valence-electron chi connectivity index (χ3n) is 3.80. The molecule has 0 aliphatic heterocycles. The molecule has 23 heavy (non-hydrogen) atoms. The lowest BCUT2D eigenvalue weighted by molar-refractivity contribution is -0.129. The Labute approximate surface area is 139 Å². The van der Waals surface area contributed by atoms with E-state index in [4.69, 9.17) is 4.74 Å². The molecule has 1 aromatic rings. The van der Waals surface area contributed by atoms with Crippen LogP contribution in [0.3, 0.4) is 0 Å². The Bertz CT molecular complexity index is 535. The Morgan fingerprint density at radius 3 is 2.57 bits per heavy atom. The number of carbonyl (C=O) groups excluding carboxylic acids is 2. The van der Waals surface area contributed by atoms with E-state index < -0.39 is 5.60 Å². The van der Waals surface area contributed by atoms with E-state index in [1.807, 2.05) is 24.3 Å². The first-order chi connectivity index (χ1) is 10.7. The number of hydrogen-bond acceptors (Lipinski definition) is 3. The minimum Gasteiger partial charge on any atom is -0.480 e. The van der Waals surface area contributed by atoms with Crippen LogP contribution in [0.25, 0.3) is 0 Å². The Morgan fingerprint density at radius 1 is 1.26 bits per heavy atom. The first-order valence-electron chi connectivity index (χ1n) is 8.26. The molecule has 0 atom stereocenters. The maximum atomic E-state index is 11.7. The highest BCUT2D eigenvalue weighted by Crippen LogP contribution is 2.20. The molecular formula is C19H29NO3. The van der Waals surface area contributed by atoms with Gasteiger partial charge < -0.3 is 10.1 Å². The summed E-state index contributed by atoms with van der Waals surface area (Å²) in [5.41, 5.74) is 0.245. The van der Waals surface area contributed by atoms with Crippen molar-refractivity contribution in [3.63, 3.8) is 0 Å². The molecule has 0 saturated carbocycles. The standard InChI is InChI=1S/C19H29NO3/c1-14(2)9-10-18(22)20-12-11-16-7-6-8-17(13-16)23-19(4,5)15(3)21/h6-8,13-14H,9-12H2,1-5H3,(H,20,22). The number of carbonyl (C=O) groups is 2. The molecule has 0 aliphatic carbocycles. The minimum atomic E-state index is -0.830. The second kappa shape index (κ2) is 8.70. The molecule has 128 valence electrons. The summed E-state index contributed by atoms with van der Waals surface area (Å²) in [6.07, 6.45) is 2.23. The quantitative estimate of drug-likeness (QED) is 0.757. The van der Waals surface area contributed by atoms with Crippen molar-refractivity contribution >= 4 is 11.7 Å². The van der Waals surface area contributed by atoms with Crippen LogP contribution < -0.4 is 10.1 Å². The highest BCUT2D eigenvalue weighted by Gasteiger charge is 2.25. The first kappa shape index (κ1) is 19.2. The number of ether oxygens (including phenoxy) is 1. The van der Waals surface area contributed by atoms with Crippen LogP contribution in [0.15, 0.2) is 24.3 Å². The van der Waals surface area contributed by atoms with Crippen LogP contribution in [0.4, 0.5) is 0 Å². The first-order valence-corrected chi connectivity index (χ1v) is 8.26. The number of amides is 1. The fourth-order valence-electron chi connectivity index (χ4n) is 1.99. The maximum Gasteiger partial charge on any atom is 0.220 e. The summed E-state index contributed by atoms with van der Waals surface area (Å²) < 4.78 is 5.76. The molecule has 4 heteroatoms. The van der Waals surface area contributed by atoms with Crippen LogP contribution >= 0.6 is 0 Å². The van der Waals surface area contributed by atoms with Gasteiger partial charge in [0.25, 0.3) is 0 Å². The summed E-state index contributed by atoms with van der Waals surface area (Å²) in [6.45, 7) is 9.88. The van der Waals surface area contributed by atoms with Crippen LogP contribution in [0.5, 0.6) is 5.75 Å². The minimum absolute atomic E-state index is 0.0136. The predicted molar refractivity (Wildman–Crippen MR) is 92.6 cm³/mol. The SMILES string of the molecule is CC(=O)C(C)(C)Oc1cccc(CCNC(=O)CCC(C)C)c1. The van der Waals surface area contributed by atoms with E-state index in [-0.39, 0.29) is 11.7 Å². The van der Waals surface area contributed by atoms with Crippen LogP contribution in [-0.2, 0) is 16.0 Å². The molecule has 1 amide bonds. The number of rotatable bonds is 9. The van der Waals surface area contributed by atoms with Crippen molar-refractivity contribution in [2.45, 2.75) is 59.5 Å². The second-order valence-corrected chi connectivity index (χ2v) is 6.85. The smallest absolute Gasteiger partial charge is 0.220 e. The van der Waals surface area contributed by atoms with Gasteiger partial charge in [-0.15, -0.1) is 0 Å². The number of hydrogen-bond donors (Lipinski definition) is 1. The molecule has 0 fully saturated rings. The van der Waals surface area contributed by atoms with Gasteiger partial charge in [-0.3, -0.25) is 9.59 Å². The van der Waals surface area contributed by atoms with E-state index in [0.717, 1.165) is 18.4 Å². The Morgan fingerprint density at radius 2 is 1.96 bits per heavy atom. The molecule has 0 spiro atoms. The van der Waals surface area contributed by atoms with E-state index in [2.05, 4.69) is 19.2 Å². The average Bonchev–Trinajstić information content (AvgIpc) is 2.45. The molecule has 1 aromatic carbocycles. The molecule has 4 nitrogen and oxygen atoms in total. The van der Waals surface area contributed by atoms with Crippen molar-refractivity contribution in [3.05, 3.63) is 29.8 Å². The van der Waals surface area contributed by atoms with Gasteiger partial charge in [-0.25, -0.2) is 0 Å². The summed E-state index contributed by atoms with van der Waals surface area (Å²) in [5, 5.41) is 2.94. The zero-order chi connectivity index (χ0) is 17.5. The summed E-state index contributed by atoms with van der Waals surface area (Å²) in [4.78, 5) is 23.2. The second-order valence-electron chi connectivity index (χ2n) is 6.85. The molecule has 0 heterocycles. The van der Waals surface area contributed by atoms with Crippen molar-refractivity contribution in [3.8, 4) is 5.75 Å². The van der Waals surface area contributed by atoms with E-state index >= 15 is 0 Å². The lowest BCUT2D eigenvalue weighted by atomic mass is 10.0. The molecule has 0 saturated heterocycles. The van der Waals surface area contributed by atoms with E-state index in [9.17, 15) is 9.59 Å². The zero-order valence-corrected chi connectivity index (χ0v) is 14.9. The number of nitrogens with one attached hydrogen (secondary N) is 1. The maximum absolute atomic E-state index is 11.7. The molecular weight excluding hydrogens is 290 g/mol. The van der Waals surface area contributed by atoms with Crippen LogP contribution in [0.2, 0.25) is 0 Å². The highest BCUT2D eigenvalue weighted by atomic mass is 16.5. The summed E-state index contributed by atoms with van der Waals surface area (Å²) in [5.74, 6) is 1.30. The molecule has 0 unspecified atom stereocenters. The summed E-state index contributed by atoms with van der Waals surface area (Å²) in [6, 6.07) is 7.66. The molecule has 0 bridgehead atoms. The zero-order valence-electron chi connectivity index (χ0n) is 14.9. The van der Waals surface area contributed by atoms with Crippen molar-refractivity contribution in [1.29, 1.82) is 0 Å². The van der Waals surface area contributed by atoms with Gasteiger partial charge in [-0.05, 0) is 57.2 Å². The van der Waals surface area contributed by atoms with Crippen LogP contribution in [0.1, 0.15) is 53.0 Å². The monoisotopic (exact) mass is 319 g/mol. The van der Waals surface area contributed by atoms with Gasteiger partial charge in [0, 0.05) is 13.0 Å². The fourth-order valence-corrected chi connectivity index (χ4v) is 1.99. The number of ketones is 1. The third kappa shape index (κ3) is 7.31. The van der Waals surface area contributed by atoms with Crippen molar-refractivity contribution in [2.75, 3.05) is 6.54 Å². The van der Waals surface area contributed by atoms with Gasteiger partial charge >= 0.3 is 0 Å². The Kier molecular flexibility index (Phi) is 7.27. The van der Waals surface area contributed by atoms with Crippen molar-refractivity contribution < 1.29 is 14.3 Å². The van der Waals surface area contributed by atoms with Gasteiger partial charge in [0.05, 0.1) is 0 Å². The average molecular weight is 319 g/mol. The lowest BCUT2D eigenvalue weighted by Gasteiger charge is -2.23. The fraction of sp³-hybridized carbons (Fsp3) is 0.579.